The summed E-state index contributed by atoms with van der Waals surface area (Å²) in [6.07, 6.45) is 1.97. The van der Waals surface area contributed by atoms with Crippen molar-refractivity contribution in [3.05, 3.63) is 42.1 Å². The number of methoxy groups -OCH3 is 1. The topological polar surface area (TPSA) is 105 Å². The molecule has 1 saturated heterocycles. The van der Waals surface area contributed by atoms with Gasteiger partial charge in [-0.1, -0.05) is 6.07 Å². The Morgan fingerprint density at radius 1 is 1.35 bits per heavy atom. The SMILES string of the molecule is COc1cccc(OCc2nc(C(=O)N3CCC(O)(CO)CC3)co2)c1. The van der Waals surface area contributed by atoms with E-state index >= 15 is 0 Å². The van der Waals surface area contributed by atoms with E-state index in [1.54, 1.807) is 24.1 Å². The zero-order chi connectivity index (χ0) is 18.6. The van der Waals surface area contributed by atoms with E-state index < -0.39 is 5.60 Å². The number of carbonyl (C=O) groups is 1. The largest absolute Gasteiger partial charge is 0.497 e. The lowest BCUT2D eigenvalue weighted by molar-refractivity contribution is -0.0546. The maximum absolute atomic E-state index is 12.5. The van der Waals surface area contributed by atoms with E-state index in [2.05, 4.69) is 4.98 Å². The minimum absolute atomic E-state index is 0.0880. The van der Waals surface area contributed by atoms with E-state index in [9.17, 15) is 15.0 Å². The van der Waals surface area contributed by atoms with Gasteiger partial charge in [-0.3, -0.25) is 4.79 Å². The Hall–Kier alpha value is -2.58. The number of carbonyl (C=O) groups excluding carboxylic acids is 1. The second kappa shape index (κ2) is 7.76. The zero-order valence-corrected chi connectivity index (χ0v) is 14.6. The van der Waals surface area contributed by atoms with Crippen molar-refractivity contribution in [2.75, 3.05) is 26.8 Å². The molecule has 0 bridgehead atoms. The third-order valence-electron chi connectivity index (χ3n) is 4.45. The third kappa shape index (κ3) is 4.14. The highest BCUT2D eigenvalue weighted by atomic mass is 16.5. The number of oxazole rings is 1. The molecule has 2 heterocycles. The summed E-state index contributed by atoms with van der Waals surface area (Å²) in [5, 5.41) is 19.2. The molecule has 2 N–H and O–H groups in total. The number of aliphatic hydroxyl groups excluding tert-OH is 1. The zero-order valence-electron chi connectivity index (χ0n) is 14.6. The molecule has 1 amide bonds. The number of aromatic nitrogens is 1. The molecule has 0 spiro atoms. The Labute approximate surface area is 151 Å². The van der Waals surface area contributed by atoms with E-state index in [0.717, 1.165) is 0 Å². The Balaban J connectivity index is 1.56. The van der Waals surface area contributed by atoms with Gasteiger partial charge < -0.3 is 29.0 Å². The molecule has 1 aliphatic rings. The van der Waals surface area contributed by atoms with Crippen molar-refractivity contribution in [2.45, 2.75) is 25.0 Å². The van der Waals surface area contributed by atoms with Crippen LogP contribution in [0.25, 0.3) is 0 Å². The number of hydrogen-bond donors (Lipinski definition) is 2. The molecule has 1 aromatic heterocycles. The Morgan fingerprint density at radius 2 is 2.08 bits per heavy atom. The summed E-state index contributed by atoms with van der Waals surface area (Å²) >= 11 is 0. The number of likely N-dealkylation sites (tertiary alicyclic amines) is 1. The monoisotopic (exact) mass is 362 g/mol. The maximum Gasteiger partial charge on any atom is 0.275 e. The second-order valence-corrected chi connectivity index (χ2v) is 6.27. The number of ether oxygens (including phenoxy) is 2. The van der Waals surface area contributed by atoms with Crippen molar-refractivity contribution in [1.82, 2.24) is 9.88 Å². The minimum atomic E-state index is -1.10. The van der Waals surface area contributed by atoms with Gasteiger partial charge in [-0.05, 0) is 25.0 Å². The first kappa shape index (κ1) is 18.2. The molecule has 0 unspecified atom stereocenters. The Bertz CT molecular complexity index is 752. The van der Waals surface area contributed by atoms with Crippen LogP contribution in [0.4, 0.5) is 0 Å². The summed E-state index contributed by atoms with van der Waals surface area (Å²) in [7, 11) is 1.58. The van der Waals surface area contributed by atoms with Crippen LogP contribution in [0.2, 0.25) is 0 Å². The minimum Gasteiger partial charge on any atom is -0.497 e. The number of amides is 1. The lowest BCUT2D eigenvalue weighted by Gasteiger charge is -2.36. The van der Waals surface area contributed by atoms with Crippen LogP contribution in [0.5, 0.6) is 11.5 Å². The fourth-order valence-electron chi connectivity index (χ4n) is 2.76. The number of aliphatic hydroxyl groups is 2. The highest BCUT2D eigenvalue weighted by Crippen LogP contribution is 2.23. The molecule has 1 aromatic carbocycles. The predicted molar refractivity (Wildman–Crippen MR) is 91.0 cm³/mol. The maximum atomic E-state index is 12.5. The van der Waals surface area contributed by atoms with E-state index in [1.807, 2.05) is 12.1 Å². The van der Waals surface area contributed by atoms with Crippen LogP contribution in [0.1, 0.15) is 29.2 Å². The number of nitrogens with zero attached hydrogens (tertiary/aromatic N) is 2. The molecule has 0 saturated carbocycles. The van der Waals surface area contributed by atoms with Gasteiger partial charge in [0.05, 0.1) is 19.3 Å². The van der Waals surface area contributed by atoms with Crippen LogP contribution in [-0.2, 0) is 6.61 Å². The fraction of sp³-hybridized carbons (Fsp3) is 0.444. The molecular weight excluding hydrogens is 340 g/mol. The average molecular weight is 362 g/mol. The van der Waals surface area contributed by atoms with E-state index in [4.69, 9.17) is 13.9 Å². The molecule has 140 valence electrons. The third-order valence-corrected chi connectivity index (χ3v) is 4.45. The molecule has 2 aromatic rings. The molecule has 1 fully saturated rings. The van der Waals surface area contributed by atoms with Gasteiger partial charge in [-0.25, -0.2) is 4.98 Å². The summed E-state index contributed by atoms with van der Waals surface area (Å²) in [4.78, 5) is 18.2. The van der Waals surface area contributed by atoms with E-state index in [-0.39, 0.29) is 24.8 Å². The number of piperidine rings is 1. The molecule has 8 heteroatoms. The van der Waals surface area contributed by atoms with Gasteiger partial charge >= 0.3 is 0 Å². The van der Waals surface area contributed by atoms with Crippen LogP contribution >= 0.6 is 0 Å². The van der Waals surface area contributed by atoms with Gasteiger partial charge in [0.2, 0.25) is 5.89 Å². The second-order valence-electron chi connectivity index (χ2n) is 6.27. The van der Waals surface area contributed by atoms with Crippen LogP contribution in [0.15, 0.2) is 34.9 Å². The number of benzene rings is 1. The van der Waals surface area contributed by atoms with Gasteiger partial charge in [0.1, 0.15) is 17.8 Å². The van der Waals surface area contributed by atoms with Crippen molar-refractivity contribution in [3.63, 3.8) is 0 Å². The Morgan fingerprint density at radius 3 is 2.77 bits per heavy atom. The summed E-state index contributed by atoms with van der Waals surface area (Å²) in [5.74, 6) is 1.31. The summed E-state index contributed by atoms with van der Waals surface area (Å²) in [5.41, 5.74) is -0.903. The van der Waals surface area contributed by atoms with E-state index in [0.29, 0.717) is 43.3 Å². The lowest BCUT2D eigenvalue weighted by atomic mass is 9.92. The van der Waals surface area contributed by atoms with Gasteiger partial charge in [0, 0.05) is 19.2 Å². The Kier molecular flexibility index (Phi) is 5.43. The van der Waals surface area contributed by atoms with Gasteiger partial charge in [0.25, 0.3) is 5.91 Å². The smallest absolute Gasteiger partial charge is 0.275 e. The molecule has 8 nitrogen and oxygen atoms in total. The summed E-state index contributed by atoms with van der Waals surface area (Å²) in [6.45, 7) is 0.506. The fourth-order valence-corrected chi connectivity index (χ4v) is 2.76. The van der Waals surface area contributed by atoms with Crippen molar-refractivity contribution in [3.8, 4) is 11.5 Å². The van der Waals surface area contributed by atoms with Crippen molar-refractivity contribution in [1.29, 1.82) is 0 Å². The highest BCUT2D eigenvalue weighted by molar-refractivity contribution is 5.92. The van der Waals surface area contributed by atoms with Crippen molar-refractivity contribution < 1.29 is 28.9 Å². The number of rotatable bonds is 6. The first-order valence-corrected chi connectivity index (χ1v) is 8.37. The standard InChI is InChI=1S/C18H22N2O6/c1-24-13-3-2-4-14(9-13)25-11-16-19-15(10-26-16)17(22)20-7-5-18(23,12-21)6-8-20/h2-4,9-10,21,23H,5-8,11-12H2,1H3. The highest BCUT2D eigenvalue weighted by Gasteiger charge is 2.34. The molecule has 26 heavy (non-hydrogen) atoms. The molecule has 0 atom stereocenters. The van der Waals surface area contributed by atoms with Gasteiger partial charge in [-0.2, -0.15) is 0 Å². The molecule has 1 aliphatic heterocycles. The predicted octanol–water partition coefficient (Wildman–Crippen LogP) is 1.22. The lowest BCUT2D eigenvalue weighted by Crippen LogP contribution is -2.48. The van der Waals surface area contributed by atoms with Crippen molar-refractivity contribution >= 4 is 5.91 Å². The van der Waals surface area contributed by atoms with Gasteiger partial charge in [0.15, 0.2) is 12.3 Å². The first-order chi connectivity index (χ1) is 12.5. The normalized spacial score (nSPS) is 16.3. The van der Waals surface area contributed by atoms with Crippen LogP contribution in [0.3, 0.4) is 0 Å². The van der Waals surface area contributed by atoms with E-state index in [1.165, 1.54) is 6.26 Å². The first-order valence-electron chi connectivity index (χ1n) is 8.37. The molecular formula is C18H22N2O6. The van der Waals surface area contributed by atoms with Crippen LogP contribution in [-0.4, -0.2) is 58.4 Å². The molecule has 0 radical (unpaired) electrons. The summed E-state index contributed by atoms with van der Waals surface area (Å²) in [6, 6.07) is 7.15. The molecule has 3 rings (SSSR count). The average Bonchev–Trinajstić information content (AvgIpc) is 3.16. The van der Waals surface area contributed by atoms with Crippen LogP contribution < -0.4 is 9.47 Å². The van der Waals surface area contributed by atoms with Gasteiger partial charge in [-0.15, -0.1) is 0 Å². The van der Waals surface area contributed by atoms with Crippen molar-refractivity contribution in [2.24, 2.45) is 0 Å². The summed E-state index contributed by atoms with van der Waals surface area (Å²) < 4.78 is 16.0. The number of hydrogen-bond acceptors (Lipinski definition) is 7. The molecule has 0 aliphatic carbocycles. The quantitative estimate of drug-likeness (QED) is 0.796. The van der Waals surface area contributed by atoms with Crippen LogP contribution in [0, 0.1) is 0 Å².